The molecule has 2 amide bonds. The van der Waals surface area contributed by atoms with Gasteiger partial charge in [0.15, 0.2) is 5.13 Å². The number of ether oxygens (including phenoxy) is 1. The van der Waals surface area contributed by atoms with E-state index in [0.29, 0.717) is 24.2 Å². The fourth-order valence-corrected chi connectivity index (χ4v) is 4.02. The quantitative estimate of drug-likeness (QED) is 0.695. The normalized spacial score (nSPS) is 14.6. The Morgan fingerprint density at radius 1 is 1.18 bits per heavy atom. The number of amides is 2. The Labute approximate surface area is 169 Å². The molecule has 0 unspecified atom stereocenters. The number of anilines is 1. The summed E-state index contributed by atoms with van der Waals surface area (Å²) >= 11 is 1.36. The predicted molar refractivity (Wildman–Crippen MR) is 110 cm³/mol. The first-order valence-electron chi connectivity index (χ1n) is 9.79. The summed E-state index contributed by atoms with van der Waals surface area (Å²) in [6.07, 6.45) is 7.52. The average molecular weight is 402 g/mol. The molecule has 28 heavy (non-hydrogen) atoms. The molecule has 1 aromatic carbocycles. The van der Waals surface area contributed by atoms with Gasteiger partial charge in [0.05, 0.1) is 6.61 Å². The van der Waals surface area contributed by atoms with Crippen molar-refractivity contribution >= 4 is 28.3 Å². The molecule has 3 rings (SSSR count). The summed E-state index contributed by atoms with van der Waals surface area (Å²) in [5.74, 6) is 0.0949. The number of nitrogens with zero attached hydrogens (tertiary/aromatic N) is 2. The highest BCUT2D eigenvalue weighted by Crippen LogP contribution is 2.24. The summed E-state index contributed by atoms with van der Waals surface area (Å²) < 4.78 is 5.61. The van der Waals surface area contributed by atoms with E-state index >= 15 is 0 Å². The van der Waals surface area contributed by atoms with Crippen molar-refractivity contribution in [3.63, 3.8) is 0 Å². The van der Waals surface area contributed by atoms with Gasteiger partial charge in [-0.3, -0.25) is 9.59 Å². The van der Waals surface area contributed by atoms with Gasteiger partial charge >= 0.3 is 0 Å². The van der Waals surface area contributed by atoms with Crippen LogP contribution >= 0.6 is 11.3 Å². The van der Waals surface area contributed by atoms with E-state index in [1.165, 1.54) is 30.6 Å². The Bertz CT molecular complexity index is 731. The third kappa shape index (κ3) is 6.73. The Kier molecular flexibility index (Phi) is 7.99. The first-order chi connectivity index (χ1) is 13.7. The predicted octanol–water partition coefficient (Wildman–Crippen LogP) is 3.71. The van der Waals surface area contributed by atoms with Crippen LogP contribution in [0.2, 0.25) is 0 Å². The molecule has 0 aliphatic heterocycles. The second-order valence-electron chi connectivity index (χ2n) is 7.14. The van der Waals surface area contributed by atoms with Crippen LogP contribution in [0.15, 0.2) is 41.9 Å². The van der Waals surface area contributed by atoms with Crippen molar-refractivity contribution in [3.05, 3.63) is 47.5 Å². The maximum atomic E-state index is 12.8. The van der Waals surface area contributed by atoms with Crippen molar-refractivity contribution in [3.8, 4) is 0 Å². The number of hydrogen-bond donors (Lipinski definition) is 1. The van der Waals surface area contributed by atoms with Crippen LogP contribution in [0.4, 0.5) is 5.13 Å². The van der Waals surface area contributed by atoms with Crippen LogP contribution in [-0.4, -0.2) is 41.4 Å². The van der Waals surface area contributed by atoms with Crippen LogP contribution in [0, 0.1) is 5.92 Å². The van der Waals surface area contributed by atoms with Gasteiger partial charge in [-0.1, -0.05) is 49.6 Å². The molecule has 1 aliphatic carbocycles. The fraction of sp³-hybridized carbons (Fsp3) is 0.476. The molecule has 150 valence electrons. The van der Waals surface area contributed by atoms with Crippen LogP contribution in [0.5, 0.6) is 0 Å². The van der Waals surface area contributed by atoms with Gasteiger partial charge < -0.3 is 15.0 Å². The zero-order valence-electron chi connectivity index (χ0n) is 16.0. The fourth-order valence-electron chi connectivity index (χ4n) is 3.47. The summed E-state index contributed by atoms with van der Waals surface area (Å²) in [6, 6.07) is 9.76. The lowest BCUT2D eigenvalue weighted by Crippen LogP contribution is -2.43. The smallest absolute Gasteiger partial charge is 0.249 e. The summed E-state index contributed by atoms with van der Waals surface area (Å²) in [6.45, 7) is 1.00. The van der Waals surface area contributed by atoms with E-state index < -0.39 is 0 Å². The van der Waals surface area contributed by atoms with Crippen LogP contribution < -0.4 is 5.32 Å². The van der Waals surface area contributed by atoms with Gasteiger partial charge in [-0.05, 0) is 24.3 Å². The van der Waals surface area contributed by atoms with E-state index in [-0.39, 0.29) is 25.0 Å². The molecule has 0 saturated heterocycles. The molecule has 1 N–H and O–H groups in total. The van der Waals surface area contributed by atoms with Crippen LogP contribution in [0.25, 0.3) is 0 Å². The Morgan fingerprint density at radius 2 is 1.96 bits per heavy atom. The molecule has 7 heteroatoms. The number of rotatable bonds is 9. The van der Waals surface area contributed by atoms with E-state index in [1.807, 2.05) is 30.3 Å². The number of carbonyl (C=O) groups is 2. The van der Waals surface area contributed by atoms with Crippen LogP contribution in [0.1, 0.15) is 37.7 Å². The van der Waals surface area contributed by atoms with Crippen molar-refractivity contribution in [2.75, 3.05) is 25.0 Å². The Morgan fingerprint density at radius 3 is 2.68 bits per heavy atom. The van der Waals surface area contributed by atoms with E-state index in [1.54, 1.807) is 16.5 Å². The SMILES string of the molecule is O=C(CN(CC1CCCCC1)C(=O)COCc1ccccc1)Nc1nccs1. The molecule has 0 bridgehead atoms. The van der Waals surface area contributed by atoms with Crippen LogP contribution in [-0.2, 0) is 20.9 Å². The minimum Gasteiger partial charge on any atom is -0.367 e. The van der Waals surface area contributed by atoms with Crippen molar-refractivity contribution in [1.82, 2.24) is 9.88 Å². The van der Waals surface area contributed by atoms with Gasteiger partial charge in [-0.15, -0.1) is 11.3 Å². The number of aromatic nitrogens is 1. The minimum atomic E-state index is -0.220. The number of nitrogens with one attached hydrogen (secondary N) is 1. The molecule has 1 heterocycles. The van der Waals surface area contributed by atoms with Gasteiger partial charge in [0.25, 0.3) is 0 Å². The maximum absolute atomic E-state index is 12.8. The molecule has 0 radical (unpaired) electrons. The third-order valence-corrected chi connectivity index (χ3v) is 5.59. The van der Waals surface area contributed by atoms with Crippen molar-refractivity contribution < 1.29 is 14.3 Å². The zero-order valence-corrected chi connectivity index (χ0v) is 16.8. The first kappa shape index (κ1) is 20.5. The summed E-state index contributed by atoms with van der Waals surface area (Å²) in [4.78, 5) is 30.8. The molecule has 1 aliphatic rings. The summed E-state index contributed by atoms with van der Waals surface area (Å²) in [7, 11) is 0. The lowest BCUT2D eigenvalue weighted by molar-refractivity contribution is -0.140. The number of carbonyl (C=O) groups excluding carboxylic acids is 2. The third-order valence-electron chi connectivity index (χ3n) is 4.91. The monoisotopic (exact) mass is 401 g/mol. The average Bonchev–Trinajstić information content (AvgIpc) is 3.22. The number of thiazole rings is 1. The largest absolute Gasteiger partial charge is 0.367 e. The van der Waals surface area contributed by atoms with E-state index in [2.05, 4.69) is 10.3 Å². The molecule has 1 aromatic heterocycles. The van der Waals surface area contributed by atoms with E-state index in [9.17, 15) is 9.59 Å². The molecular weight excluding hydrogens is 374 g/mol. The van der Waals surface area contributed by atoms with E-state index in [0.717, 1.165) is 18.4 Å². The minimum absolute atomic E-state index is 0.0217. The molecule has 1 fully saturated rings. The second-order valence-corrected chi connectivity index (χ2v) is 8.04. The summed E-state index contributed by atoms with van der Waals surface area (Å²) in [5.41, 5.74) is 1.02. The van der Waals surface area contributed by atoms with Gasteiger partial charge in [0.1, 0.15) is 13.2 Å². The second kappa shape index (κ2) is 10.9. The molecule has 6 nitrogen and oxygen atoms in total. The van der Waals surface area contributed by atoms with Gasteiger partial charge in [-0.2, -0.15) is 0 Å². The molecular formula is C21H27N3O3S. The topological polar surface area (TPSA) is 71.5 Å². The van der Waals surface area contributed by atoms with Crippen LogP contribution in [0.3, 0.4) is 0 Å². The molecule has 1 saturated carbocycles. The lowest BCUT2D eigenvalue weighted by atomic mass is 9.89. The molecule has 2 aromatic rings. The number of benzene rings is 1. The van der Waals surface area contributed by atoms with Crippen molar-refractivity contribution in [1.29, 1.82) is 0 Å². The lowest BCUT2D eigenvalue weighted by Gasteiger charge is -2.29. The molecule has 0 spiro atoms. The van der Waals surface area contributed by atoms with Gasteiger partial charge in [0.2, 0.25) is 11.8 Å². The highest BCUT2D eigenvalue weighted by atomic mass is 32.1. The number of hydrogen-bond acceptors (Lipinski definition) is 5. The van der Waals surface area contributed by atoms with Gasteiger partial charge in [0, 0.05) is 18.1 Å². The zero-order chi connectivity index (χ0) is 19.6. The van der Waals surface area contributed by atoms with Crippen molar-refractivity contribution in [2.24, 2.45) is 5.92 Å². The summed E-state index contributed by atoms with van der Waals surface area (Å²) in [5, 5.41) is 5.12. The highest BCUT2D eigenvalue weighted by molar-refractivity contribution is 7.13. The highest BCUT2D eigenvalue weighted by Gasteiger charge is 2.23. The van der Waals surface area contributed by atoms with E-state index in [4.69, 9.17) is 4.74 Å². The maximum Gasteiger partial charge on any atom is 0.249 e. The standard InChI is InChI=1S/C21H27N3O3S/c25-19(23-21-22-11-12-28-21)14-24(13-17-7-3-1-4-8-17)20(26)16-27-15-18-9-5-2-6-10-18/h2,5-6,9-12,17H,1,3-4,7-8,13-16H2,(H,22,23,25). The van der Waals surface area contributed by atoms with Crippen molar-refractivity contribution in [2.45, 2.75) is 38.7 Å². The Balaban J connectivity index is 1.54. The first-order valence-corrected chi connectivity index (χ1v) is 10.7. The van der Waals surface area contributed by atoms with Gasteiger partial charge in [-0.25, -0.2) is 4.98 Å². The Hall–Kier alpha value is -2.25. The molecule has 0 atom stereocenters.